The highest BCUT2D eigenvalue weighted by molar-refractivity contribution is 6.33. The number of phenols is 2. The number of hydrogen-bond donors (Lipinski definition) is 3. The van der Waals surface area contributed by atoms with Crippen LogP contribution < -0.4 is 5.73 Å². The van der Waals surface area contributed by atoms with Gasteiger partial charge in [0.15, 0.2) is 0 Å². The van der Waals surface area contributed by atoms with Gasteiger partial charge in [-0.05, 0) is 23.6 Å². The Morgan fingerprint density at radius 1 is 1.25 bits per heavy atom. The number of aromatic nitrogens is 2. The third kappa shape index (κ3) is 3.89. The van der Waals surface area contributed by atoms with E-state index in [2.05, 4.69) is 4.98 Å². The number of ether oxygens (including phenoxy) is 1. The molecule has 0 amide bonds. The first-order chi connectivity index (χ1) is 13.4. The highest BCUT2D eigenvalue weighted by Crippen LogP contribution is 2.37. The van der Waals surface area contributed by atoms with E-state index in [0.29, 0.717) is 24.2 Å². The van der Waals surface area contributed by atoms with Crippen LogP contribution in [0.1, 0.15) is 27.3 Å². The van der Waals surface area contributed by atoms with Gasteiger partial charge in [-0.15, -0.1) is 0 Å². The number of carbonyl (C=O) groups is 1. The number of anilines is 1. The van der Waals surface area contributed by atoms with E-state index in [0.717, 1.165) is 17.5 Å². The number of rotatable bonds is 6. The van der Waals surface area contributed by atoms with E-state index in [9.17, 15) is 15.0 Å². The average molecular weight is 402 g/mol. The van der Waals surface area contributed by atoms with Gasteiger partial charge in [0, 0.05) is 30.6 Å². The van der Waals surface area contributed by atoms with Crippen molar-refractivity contribution in [3.63, 3.8) is 0 Å². The van der Waals surface area contributed by atoms with Crippen molar-refractivity contribution in [2.45, 2.75) is 19.4 Å². The maximum atomic E-state index is 12.1. The highest BCUT2D eigenvalue weighted by Gasteiger charge is 2.23. The molecule has 1 heterocycles. The molecule has 0 aliphatic carbocycles. The van der Waals surface area contributed by atoms with Crippen molar-refractivity contribution in [2.24, 2.45) is 0 Å². The third-order valence-corrected chi connectivity index (χ3v) is 4.93. The maximum absolute atomic E-state index is 12.1. The molecule has 0 aliphatic rings. The number of hydrogen-bond acceptors (Lipinski definition) is 6. The van der Waals surface area contributed by atoms with Crippen LogP contribution in [0.5, 0.6) is 11.5 Å². The molecule has 8 heteroatoms. The van der Waals surface area contributed by atoms with Crippen LogP contribution in [0.4, 0.5) is 5.69 Å². The molecule has 4 N–H and O–H groups in total. The zero-order valence-electron chi connectivity index (χ0n) is 15.2. The minimum absolute atomic E-state index is 0.00334. The number of nitrogen functional groups attached to an aromatic ring is 1. The number of carbonyl (C=O) groups excluding carboxylic acids is 1. The van der Waals surface area contributed by atoms with E-state index >= 15 is 0 Å². The SMILES string of the molecule is COC(=O)c1c(O)cc(O)c(Cl)c1CCc1nccn1Cc1ccccc1N. The second-order valence-corrected chi connectivity index (χ2v) is 6.62. The summed E-state index contributed by atoms with van der Waals surface area (Å²) in [4.78, 5) is 16.4. The van der Waals surface area contributed by atoms with Crippen molar-refractivity contribution < 1.29 is 19.7 Å². The standard InChI is InChI=1S/C20H20ClN3O4/c1-28-20(27)18-13(19(21)16(26)10-15(18)25)6-7-17-23-8-9-24(17)11-12-4-2-3-5-14(12)22/h2-5,8-10,25-26H,6-7,11,22H2,1H3. The first kappa shape index (κ1) is 19.6. The van der Waals surface area contributed by atoms with Gasteiger partial charge in [0.05, 0.1) is 18.7 Å². The zero-order chi connectivity index (χ0) is 20.3. The van der Waals surface area contributed by atoms with Crippen molar-refractivity contribution in [3.05, 3.63) is 70.3 Å². The van der Waals surface area contributed by atoms with E-state index in [1.165, 1.54) is 7.11 Å². The number of phenolic OH excluding ortho intramolecular Hbond substituents is 2. The molecule has 7 nitrogen and oxygen atoms in total. The lowest BCUT2D eigenvalue weighted by Crippen LogP contribution is -2.11. The molecule has 0 saturated carbocycles. The van der Waals surface area contributed by atoms with Crippen LogP contribution >= 0.6 is 11.6 Å². The lowest BCUT2D eigenvalue weighted by atomic mass is 10.0. The van der Waals surface area contributed by atoms with Gasteiger partial charge in [-0.1, -0.05) is 29.8 Å². The summed E-state index contributed by atoms with van der Waals surface area (Å²) in [5.41, 5.74) is 7.92. The van der Waals surface area contributed by atoms with Crippen LogP contribution in [0.25, 0.3) is 0 Å². The molecular formula is C20H20ClN3O4. The Hall–Kier alpha value is -3.19. The Kier molecular flexibility index (Phi) is 5.75. The molecule has 0 bridgehead atoms. The van der Waals surface area contributed by atoms with Gasteiger partial charge in [0.25, 0.3) is 0 Å². The number of nitrogens with two attached hydrogens (primary N) is 1. The summed E-state index contributed by atoms with van der Waals surface area (Å²) < 4.78 is 6.68. The number of nitrogens with zero attached hydrogens (tertiary/aromatic N) is 2. The Balaban J connectivity index is 1.87. The van der Waals surface area contributed by atoms with Gasteiger partial charge in [0.2, 0.25) is 0 Å². The third-order valence-electron chi connectivity index (χ3n) is 4.51. The lowest BCUT2D eigenvalue weighted by Gasteiger charge is -2.14. The number of benzene rings is 2. The Morgan fingerprint density at radius 3 is 2.71 bits per heavy atom. The number of imidazole rings is 1. The normalized spacial score (nSPS) is 10.8. The number of esters is 1. The molecule has 28 heavy (non-hydrogen) atoms. The van der Waals surface area contributed by atoms with E-state index < -0.39 is 5.97 Å². The molecule has 0 spiro atoms. The number of aryl methyl sites for hydroxylation is 1. The Morgan fingerprint density at radius 2 is 2.00 bits per heavy atom. The number of methoxy groups -OCH3 is 1. The minimum Gasteiger partial charge on any atom is -0.507 e. The molecule has 3 rings (SSSR count). The predicted molar refractivity (Wildman–Crippen MR) is 106 cm³/mol. The van der Waals surface area contributed by atoms with E-state index in [4.69, 9.17) is 22.1 Å². The summed E-state index contributed by atoms with van der Waals surface area (Å²) in [7, 11) is 1.21. The van der Waals surface area contributed by atoms with Crippen LogP contribution in [0, 0.1) is 0 Å². The van der Waals surface area contributed by atoms with Crippen LogP contribution in [0.2, 0.25) is 5.02 Å². The van der Waals surface area contributed by atoms with Gasteiger partial charge < -0.3 is 25.3 Å². The smallest absolute Gasteiger partial charge is 0.341 e. The van der Waals surface area contributed by atoms with Crippen molar-refractivity contribution >= 4 is 23.3 Å². The molecular weight excluding hydrogens is 382 g/mol. The lowest BCUT2D eigenvalue weighted by molar-refractivity contribution is 0.0596. The maximum Gasteiger partial charge on any atom is 0.341 e. The van der Waals surface area contributed by atoms with Gasteiger partial charge in [-0.3, -0.25) is 0 Å². The second-order valence-electron chi connectivity index (χ2n) is 6.24. The van der Waals surface area contributed by atoms with E-state index in [1.54, 1.807) is 6.20 Å². The van der Waals surface area contributed by atoms with Crippen molar-refractivity contribution in [2.75, 3.05) is 12.8 Å². The fraction of sp³-hybridized carbons (Fsp3) is 0.200. The Bertz CT molecular complexity index is 1020. The molecule has 0 fully saturated rings. The summed E-state index contributed by atoms with van der Waals surface area (Å²) in [5, 5.41) is 20.0. The summed E-state index contributed by atoms with van der Waals surface area (Å²) in [6, 6.07) is 8.60. The first-order valence-corrected chi connectivity index (χ1v) is 8.95. The highest BCUT2D eigenvalue weighted by atomic mass is 35.5. The Labute approximate surface area is 167 Å². The number of aromatic hydroxyl groups is 2. The van der Waals surface area contributed by atoms with Crippen LogP contribution in [-0.4, -0.2) is 32.8 Å². The zero-order valence-corrected chi connectivity index (χ0v) is 16.0. The predicted octanol–water partition coefficient (Wildman–Crippen LogP) is 3.15. The first-order valence-electron chi connectivity index (χ1n) is 8.57. The van der Waals surface area contributed by atoms with E-state index in [-0.39, 0.29) is 28.5 Å². The van der Waals surface area contributed by atoms with Gasteiger partial charge in [-0.2, -0.15) is 0 Å². The van der Waals surface area contributed by atoms with Crippen LogP contribution in [-0.2, 0) is 24.1 Å². The van der Waals surface area contributed by atoms with Gasteiger partial charge >= 0.3 is 5.97 Å². The second kappa shape index (κ2) is 8.22. The van der Waals surface area contributed by atoms with Crippen LogP contribution in [0.15, 0.2) is 42.7 Å². The summed E-state index contributed by atoms with van der Waals surface area (Å²) in [6.07, 6.45) is 4.21. The quantitative estimate of drug-likeness (QED) is 0.432. The number of halogens is 1. The summed E-state index contributed by atoms with van der Waals surface area (Å²) in [5.74, 6) is -0.667. The summed E-state index contributed by atoms with van der Waals surface area (Å²) in [6.45, 7) is 0.547. The van der Waals surface area contributed by atoms with Crippen molar-refractivity contribution in [1.29, 1.82) is 0 Å². The number of para-hydroxylation sites is 1. The minimum atomic E-state index is -0.727. The fourth-order valence-electron chi connectivity index (χ4n) is 3.06. The molecule has 1 aromatic heterocycles. The van der Waals surface area contributed by atoms with Crippen molar-refractivity contribution in [1.82, 2.24) is 9.55 Å². The monoisotopic (exact) mass is 401 g/mol. The molecule has 3 aromatic rings. The topological polar surface area (TPSA) is 111 Å². The average Bonchev–Trinajstić information content (AvgIpc) is 3.11. The fourth-order valence-corrected chi connectivity index (χ4v) is 3.30. The van der Waals surface area contributed by atoms with Gasteiger partial charge in [-0.25, -0.2) is 9.78 Å². The van der Waals surface area contributed by atoms with Crippen LogP contribution in [0.3, 0.4) is 0 Å². The summed E-state index contributed by atoms with van der Waals surface area (Å²) >= 11 is 6.19. The molecule has 0 radical (unpaired) electrons. The van der Waals surface area contributed by atoms with Crippen molar-refractivity contribution in [3.8, 4) is 11.5 Å². The van der Waals surface area contributed by atoms with Gasteiger partial charge in [0.1, 0.15) is 22.9 Å². The molecule has 2 aromatic carbocycles. The molecule has 0 aliphatic heterocycles. The molecule has 0 unspecified atom stereocenters. The van der Waals surface area contributed by atoms with E-state index in [1.807, 2.05) is 35.0 Å². The molecule has 146 valence electrons. The molecule has 0 atom stereocenters. The molecule has 0 saturated heterocycles. The largest absolute Gasteiger partial charge is 0.507 e.